The van der Waals surface area contributed by atoms with E-state index < -0.39 is 0 Å². The van der Waals surface area contributed by atoms with E-state index in [2.05, 4.69) is 36.4 Å². The summed E-state index contributed by atoms with van der Waals surface area (Å²) in [6, 6.07) is 8.07. The topological polar surface area (TPSA) is 50.7 Å². The Balaban J connectivity index is 2.36. The Hall–Kier alpha value is -1.33. The Bertz CT molecular complexity index is 498. The summed E-state index contributed by atoms with van der Waals surface area (Å²) >= 11 is 3.41. The van der Waals surface area contributed by atoms with Crippen molar-refractivity contribution >= 4 is 15.9 Å². The Morgan fingerprint density at radius 1 is 1.24 bits per heavy atom. The van der Waals surface area contributed by atoms with Gasteiger partial charge in [0.05, 0.1) is 17.9 Å². The van der Waals surface area contributed by atoms with Gasteiger partial charge in [0, 0.05) is 10.0 Å². The largest absolute Gasteiger partial charge is 0.311 e. The molecule has 1 aromatic heterocycles. The van der Waals surface area contributed by atoms with Crippen molar-refractivity contribution in [3.63, 3.8) is 0 Å². The summed E-state index contributed by atoms with van der Waals surface area (Å²) in [5, 5.41) is 11.1. The first-order chi connectivity index (χ1) is 8.20. The molecule has 1 aromatic carbocycles. The molecule has 1 atom stereocenters. The molecule has 0 fully saturated rings. The van der Waals surface area contributed by atoms with Crippen molar-refractivity contribution in [2.45, 2.75) is 13.0 Å². The number of rotatable bonds is 3. The van der Waals surface area contributed by atoms with Crippen LogP contribution in [-0.2, 0) is 0 Å². The van der Waals surface area contributed by atoms with E-state index in [1.165, 1.54) is 0 Å². The molecule has 4 nitrogen and oxygen atoms in total. The molecule has 0 saturated carbocycles. The second-order valence-electron chi connectivity index (χ2n) is 3.72. The Morgan fingerprint density at radius 2 is 1.94 bits per heavy atom. The van der Waals surface area contributed by atoms with E-state index in [4.69, 9.17) is 0 Å². The fraction of sp³-hybridized carbons (Fsp3) is 0.250. The van der Waals surface area contributed by atoms with Crippen molar-refractivity contribution in [3.05, 3.63) is 40.8 Å². The minimum Gasteiger partial charge on any atom is -0.311 e. The SMILES string of the molecule is CNC(C)c1nncc(-c2ccc(Br)cc2)n1. The monoisotopic (exact) mass is 292 g/mol. The summed E-state index contributed by atoms with van der Waals surface area (Å²) in [4.78, 5) is 4.49. The van der Waals surface area contributed by atoms with Gasteiger partial charge in [-0.2, -0.15) is 5.10 Å². The van der Waals surface area contributed by atoms with Crippen LogP contribution in [0.2, 0.25) is 0 Å². The highest BCUT2D eigenvalue weighted by Crippen LogP contribution is 2.19. The lowest BCUT2D eigenvalue weighted by Crippen LogP contribution is -2.16. The number of halogens is 1. The van der Waals surface area contributed by atoms with Crippen LogP contribution in [0.3, 0.4) is 0 Å². The Labute approximate surface area is 109 Å². The number of aromatic nitrogens is 3. The average molecular weight is 293 g/mol. The molecule has 2 aromatic rings. The van der Waals surface area contributed by atoms with Gasteiger partial charge in [0.15, 0.2) is 5.82 Å². The zero-order valence-electron chi connectivity index (χ0n) is 9.68. The van der Waals surface area contributed by atoms with Gasteiger partial charge in [-0.1, -0.05) is 28.1 Å². The van der Waals surface area contributed by atoms with Crippen LogP contribution >= 0.6 is 15.9 Å². The molecule has 2 rings (SSSR count). The molecule has 0 bridgehead atoms. The van der Waals surface area contributed by atoms with Gasteiger partial charge >= 0.3 is 0 Å². The van der Waals surface area contributed by atoms with Crippen LogP contribution in [0.4, 0.5) is 0 Å². The standard InChI is InChI=1S/C12H13BrN4/c1-8(14-2)12-16-11(7-15-17-12)9-3-5-10(13)6-4-9/h3-8,14H,1-2H3. The molecule has 88 valence electrons. The van der Waals surface area contributed by atoms with Crippen LogP contribution in [-0.4, -0.2) is 22.2 Å². The van der Waals surface area contributed by atoms with Gasteiger partial charge < -0.3 is 5.32 Å². The van der Waals surface area contributed by atoms with Gasteiger partial charge in [-0.05, 0) is 26.1 Å². The molecule has 0 aliphatic rings. The molecule has 1 N–H and O–H groups in total. The Morgan fingerprint density at radius 3 is 2.59 bits per heavy atom. The summed E-state index contributed by atoms with van der Waals surface area (Å²) in [6.45, 7) is 2.00. The van der Waals surface area contributed by atoms with Crippen LogP contribution in [0.5, 0.6) is 0 Å². The molecule has 0 saturated heterocycles. The highest BCUT2D eigenvalue weighted by molar-refractivity contribution is 9.10. The summed E-state index contributed by atoms with van der Waals surface area (Å²) in [6.07, 6.45) is 1.68. The normalized spacial score (nSPS) is 12.4. The molecule has 0 amide bonds. The van der Waals surface area contributed by atoms with Crippen LogP contribution in [0.25, 0.3) is 11.3 Å². The summed E-state index contributed by atoms with van der Waals surface area (Å²) in [5.74, 6) is 0.702. The number of hydrogen-bond donors (Lipinski definition) is 1. The third-order valence-electron chi connectivity index (χ3n) is 2.54. The number of hydrogen-bond acceptors (Lipinski definition) is 4. The second-order valence-corrected chi connectivity index (χ2v) is 4.63. The van der Waals surface area contributed by atoms with E-state index in [-0.39, 0.29) is 6.04 Å². The fourth-order valence-electron chi connectivity index (χ4n) is 1.39. The van der Waals surface area contributed by atoms with E-state index in [0.717, 1.165) is 15.7 Å². The van der Waals surface area contributed by atoms with Crippen molar-refractivity contribution in [1.82, 2.24) is 20.5 Å². The first-order valence-corrected chi connectivity index (χ1v) is 6.13. The van der Waals surface area contributed by atoms with Crippen molar-refractivity contribution in [1.29, 1.82) is 0 Å². The minimum atomic E-state index is 0.0953. The van der Waals surface area contributed by atoms with Crippen molar-refractivity contribution < 1.29 is 0 Å². The fourth-order valence-corrected chi connectivity index (χ4v) is 1.65. The third-order valence-corrected chi connectivity index (χ3v) is 3.06. The maximum absolute atomic E-state index is 4.49. The molecule has 1 unspecified atom stereocenters. The van der Waals surface area contributed by atoms with Gasteiger partial charge in [0.25, 0.3) is 0 Å². The zero-order valence-corrected chi connectivity index (χ0v) is 11.3. The maximum Gasteiger partial charge on any atom is 0.168 e. The van der Waals surface area contributed by atoms with Crippen LogP contribution in [0.1, 0.15) is 18.8 Å². The first kappa shape index (κ1) is 12.1. The molecule has 17 heavy (non-hydrogen) atoms. The first-order valence-electron chi connectivity index (χ1n) is 5.33. The van der Waals surface area contributed by atoms with E-state index in [0.29, 0.717) is 5.82 Å². The molecule has 0 radical (unpaired) electrons. The molecule has 5 heteroatoms. The average Bonchev–Trinajstić information content (AvgIpc) is 2.39. The predicted molar refractivity (Wildman–Crippen MR) is 70.4 cm³/mol. The lowest BCUT2D eigenvalue weighted by Gasteiger charge is -2.08. The van der Waals surface area contributed by atoms with Crippen LogP contribution < -0.4 is 5.32 Å². The van der Waals surface area contributed by atoms with Gasteiger partial charge in [0.1, 0.15) is 0 Å². The Kier molecular flexibility index (Phi) is 3.81. The highest BCUT2D eigenvalue weighted by atomic mass is 79.9. The second kappa shape index (κ2) is 5.33. The highest BCUT2D eigenvalue weighted by Gasteiger charge is 2.08. The van der Waals surface area contributed by atoms with Crippen LogP contribution in [0.15, 0.2) is 34.9 Å². The lowest BCUT2D eigenvalue weighted by atomic mass is 10.2. The van der Waals surface area contributed by atoms with E-state index >= 15 is 0 Å². The summed E-state index contributed by atoms with van der Waals surface area (Å²) < 4.78 is 1.05. The third kappa shape index (κ3) is 2.87. The summed E-state index contributed by atoms with van der Waals surface area (Å²) in [7, 11) is 1.88. The number of nitrogens with one attached hydrogen (secondary N) is 1. The van der Waals surface area contributed by atoms with E-state index in [1.54, 1.807) is 6.20 Å². The van der Waals surface area contributed by atoms with Gasteiger partial charge in [-0.15, -0.1) is 5.10 Å². The van der Waals surface area contributed by atoms with E-state index in [9.17, 15) is 0 Å². The summed E-state index contributed by atoms with van der Waals surface area (Å²) in [5.41, 5.74) is 1.87. The molecule has 0 spiro atoms. The van der Waals surface area contributed by atoms with Gasteiger partial charge in [-0.25, -0.2) is 4.98 Å². The molecule has 0 aliphatic heterocycles. The smallest absolute Gasteiger partial charge is 0.168 e. The maximum atomic E-state index is 4.49. The zero-order chi connectivity index (χ0) is 12.3. The predicted octanol–water partition coefficient (Wildman–Crippen LogP) is 2.58. The van der Waals surface area contributed by atoms with Gasteiger partial charge in [-0.3, -0.25) is 0 Å². The quantitative estimate of drug-likeness (QED) is 0.945. The molecule has 0 aliphatic carbocycles. The van der Waals surface area contributed by atoms with Crippen molar-refractivity contribution in [3.8, 4) is 11.3 Å². The number of benzene rings is 1. The van der Waals surface area contributed by atoms with Crippen LogP contribution in [0, 0.1) is 0 Å². The number of nitrogens with zero attached hydrogens (tertiary/aromatic N) is 3. The minimum absolute atomic E-state index is 0.0953. The molecular formula is C12H13BrN4. The van der Waals surface area contributed by atoms with Crippen molar-refractivity contribution in [2.24, 2.45) is 0 Å². The molecule has 1 heterocycles. The molecular weight excluding hydrogens is 280 g/mol. The lowest BCUT2D eigenvalue weighted by molar-refractivity contribution is 0.598. The van der Waals surface area contributed by atoms with E-state index in [1.807, 2.05) is 38.2 Å². The van der Waals surface area contributed by atoms with Crippen molar-refractivity contribution in [2.75, 3.05) is 7.05 Å². The van der Waals surface area contributed by atoms with Gasteiger partial charge in [0.2, 0.25) is 0 Å².